The molecule has 0 aromatic heterocycles. The van der Waals surface area contributed by atoms with Crippen LogP contribution in [0.4, 0.5) is 5.69 Å². The van der Waals surface area contributed by atoms with Crippen LogP contribution < -0.4 is 15.4 Å². The second kappa shape index (κ2) is 6.24. The van der Waals surface area contributed by atoms with E-state index in [-0.39, 0.29) is 18.0 Å². The lowest BCUT2D eigenvalue weighted by Crippen LogP contribution is -2.55. The predicted molar refractivity (Wildman–Crippen MR) is 77.8 cm³/mol. The number of carbonyl (C=O) groups is 1. The maximum Gasteiger partial charge on any atom is 0.268 e. The van der Waals surface area contributed by atoms with Crippen LogP contribution in [-0.4, -0.2) is 35.3 Å². The highest BCUT2D eigenvalue weighted by Crippen LogP contribution is 2.30. The van der Waals surface area contributed by atoms with Crippen LogP contribution in [0.1, 0.15) is 27.2 Å². The lowest BCUT2D eigenvalue weighted by molar-refractivity contribution is -0.129. The predicted octanol–water partition coefficient (Wildman–Crippen LogP) is 1.52. The van der Waals surface area contributed by atoms with Gasteiger partial charge in [0.1, 0.15) is 11.9 Å². The van der Waals surface area contributed by atoms with Crippen molar-refractivity contribution in [1.29, 1.82) is 0 Å². The van der Waals surface area contributed by atoms with E-state index in [0.717, 1.165) is 0 Å². The number of aliphatic hydroxyl groups is 1. The van der Waals surface area contributed by atoms with Gasteiger partial charge in [-0.3, -0.25) is 4.79 Å². The summed E-state index contributed by atoms with van der Waals surface area (Å²) in [6.07, 6.45) is -1.06. The molecule has 0 spiro atoms. The Balaban J connectivity index is 2.14. The normalized spacial score (nSPS) is 20.9. The van der Waals surface area contributed by atoms with Crippen molar-refractivity contribution in [3.05, 3.63) is 24.3 Å². The molecule has 2 rings (SSSR count). The second-order valence-electron chi connectivity index (χ2n) is 5.35. The fourth-order valence-corrected chi connectivity index (χ4v) is 2.39. The maximum atomic E-state index is 12.1. The zero-order valence-corrected chi connectivity index (χ0v) is 12.1. The van der Waals surface area contributed by atoms with Gasteiger partial charge in [-0.15, -0.1) is 0 Å². The fraction of sp³-hybridized carbons (Fsp3) is 0.533. The molecule has 5 heteroatoms. The molecule has 0 saturated heterocycles. The molecule has 3 atom stereocenters. The fourth-order valence-electron chi connectivity index (χ4n) is 2.39. The molecular formula is C15H22N2O3. The van der Waals surface area contributed by atoms with Gasteiger partial charge >= 0.3 is 0 Å². The summed E-state index contributed by atoms with van der Waals surface area (Å²) in [6.45, 7) is 5.98. The number of nitrogens with one attached hydrogen (secondary N) is 2. The molecule has 20 heavy (non-hydrogen) atoms. The van der Waals surface area contributed by atoms with Crippen LogP contribution in [0.5, 0.6) is 5.75 Å². The van der Waals surface area contributed by atoms with E-state index in [1.165, 1.54) is 0 Å². The number of anilines is 1. The molecular weight excluding hydrogens is 256 g/mol. The molecule has 5 nitrogen and oxygen atoms in total. The zero-order chi connectivity index (χ0) is 14.7. The van der Waals surface area contributed by atoms with Gasteiger partial charge < -0.3 is 20.5 Å². The standard InChI is InChI=1S/C15H22N2O3/c1-4-10(16-9(2)3)13(18)14-15(19)17-11-7-5-6-8-12(11)20-14/h5-10,13-14,16,18H,4H2,1-3H3,(H,17,19). The van der Waals surface area contributed by atoms with Crippen molar-refractivity contribution in [1.82, 2.24) is 5.32 Å². The summed E-state index contributed by atoms with van der Waals surface area (Å²) in [6, 6.07) is 7.27. The van der Waals surface area contributed by atoms with Crippen molar-refractivity contribution in [2.24, 2.45) is 0 Å². The van der Waals surface area contributed by atoms with Crippen LogP contribution in [0.25, 0.3) is 0 Å². The van der Waals surface area contributed by atoms with Gasteiger partial charge in [0, 0.05) is 12.1 Å². The smallest absolute Gasteiger partial charge is 0.268 e. The minimum absolute atomic E-state index is 0.184. The van der Waals surface area contributed by atoms with Crippen LogP contribution in [0.3, 0.4) is 0 Å². The van der Waals surface area contributed by atoms with Crippen molar-refractivity contribution >= 4 is 11.6 Å². The monoisotopic (exact) mass is 278 g/mol. The Labute approximate surface area is 119 Å². The third-order valence-corrected chi connectivity index (χ3v) is 3.37. The number of hydrogen-bond acceptors (Lipinski definition) is 4. The van der Waals surface area contributed by atoms with E-state index in [4.69, 9.17) is 4.74 Å². The number of benzene rings is 1. The van der Waals surface area contributed by atoms with Crippen LogP contribution in [0, 0.1) is 0 Å². The van der Waals surface area contributed by atoms with Crippen LogP contribution in [-0.2, 0) is 4.79 Å². The molecule has 1 aromatic rings. The average molecular weight is 278 g/mol. The number of rotatable bonds is 5. The summed E-state index contributed by atoms with van der Waals surface area (Å²) >= 11 is 0. The van der Waals surface area contributed by atoms with Crippen LogP contribution in [0.15, 0.2) is 24.3 Å². The molecule has 110 valence electrons. The van der Waals surface area contributed by atoms with Gasteiger partial charge in [-0.1, -0.05) is 32.9 Å². The Morgan fingerprint density at radius 3 is 2.75 bits per heavy atom. The topological polar surface area (TPSA) is 70.6 Å². The summed E-state index contributed by atoms with van der Waals surface area (Å²) in [7, 11) is 0. The molecule has 1 heterocycles. The summed E-state index contributed by atoms with van der Waals surface area (Å²) < 4.78 is 5.67. The molecule has 0 fully saturated rings. The lowest BCUT2D eigenvalue weighted by Gasteiger charge is -2.33. The van der Waals surface area contributed by atoms with Crippen molar-refractivity contribution < 1.29 is 14.6 Å². The number of carbonyl (C=O) groups excluding carboxylic acids is 1. The Hall–Kier alpha value is -1.59. The van der Waals surface area contributed by atoms with Crippen molar-refractivity contribution in [3.63, 3.8) is 0 Å². The van der Waals surface area contributed by atoms with Gasteiger partial charge in [-0.05, 0) is 18.6 Å². The Kier molecular flexibility index (Phi) is 4.62. The van der Waals surface area contributed by atoms with Gasteiger partial charge in [0.15, 0.2) is 0 Å². The molecule has 1 aliphatic heterocycles. The van der Waals surface area contributed by atoms with Gasteiger partial charge in [0.2, 0.25) is 6.10 Å². The minimum Gasteiger partial charge on any atom is -0.476 e. The first-order valence-electron chi connectivity index (χ1n) is 7.03. The zero-order valence-electron chi connectivity index (χ0n) is 12.1. The molecule has 0 bridgehead atoms. The SMILES string of the molecule is CCC(NC(C)C)C(O)C1Oc2ccccc2NC1=O. The van der Waals surface area contributed by atoms with Gasteiger partial charge in [0.05, 0.1) is 5.69 Å². The quantitative estimate of drug-likeness (QED) is 0.764. The molecule has 0 radical (unpaired) electrons. The summed E-state index contributed by atoms with van der Waals surface area (Å²) in [4.78, 5) is 12.1. The number of para-hydroxylation sites is 2. The summed E-state index contributed by atoms with van der Waals surface area (Å²) in [5, 5.41) is 16.5. The highest BCUT2D eigenvalue weighted by Gasteiger charge is 2.37. The largest absolute Gasteiger partial charge is 0.476 e. The molecule has 1 aliphatic rings. The number of hydrogen-bond donors (Lipinski definition) is 3. The van der Waals surface area contributed by atoms with Crippen LogP contribution >= 0.6 is 0 Å². The van der Waals surface area contributed by atoms with E-state index >= 15 is 0 Å². The molecule has 1 amide bonds. The van der Waals surface area contributed by atoms with E-state index < -0.39 is 12.2 Å². The molecule has 1 aromatic carbocycles. The van der Waals surface area contributed by atoms with E-state index in [1.807, 2.05) is 32.9 Å². The van der Waals surface area contributed by atoms with E-state index in [2.05, 4.69) is 10.6 Å². The van der Waals surface area contributed by atoms with Crippen LogP contribution in [0.2, 0.25) is 0 Å². The second-order valence-corrected chi connectivity index (χ2v) is 5.35. The van der Waals surface area contributed by atoms with E-state index in [9.17, 15) is 9.90 Å². The number of ether oxygens (including phenoxy) is 1. The van der Waals surface area contributed by atoms with Crippen molar-refractivity contribution in [2.45, 2.75) is 51.5 Å². The number of aliphatic hydroxyl groups excluding tert-OH is 1. The van der Waals surface area contributed by atoms with Gasteiger partial charge in [-0.25, -0.2) is 0 Å². The highest BCUT2D eigenvalue weighted by atomic mass is 16.5. The summed E-state index contributed by atoms with van der Waals surface area (Å²) in [5.74, 6) is 0.288. The third kappa shape index (κ3) is 3.11. The first kappa shape index (κ1) is 14.8. The van der Waals surface area contributed by atoms with Gasteiger partial charge in [-0.2, -0.15) is 0 Å². The lowest BCUT2D eigenvalue weighted by atomic mass is 10.00. The first-order chi connectivity index (χ1) is 9.52. The van der Waals surface area contributed by atoms with E-state index in [0.29, 0.717) is 17.9 Å². The van der Waals surface area contributed by atoms with Gasteiger partial charge in [0.25, 0.3) is 5.91 Å². The highest BCUT2D eigenvalue weighted by molar-refractivity contribution is 5.98. The van der Waals surface area contributed by atoms with Crippen molar-refractivity contribution in [2.75, 3.05) is 5.32 Å². The average Bonchev–Trinajstić information content (AvgIpc) is 2.43. The number of fused-ring (bicyclic) bond motifs is 1. The first-order valence-corrected chi connectivity index (χ1v) is 7.03. The number of amides is 1. The third-order valence-electron chi connectivity index (χ3n) is 3.37. The maximum absolute atomic E-state index is 12.1. The molecule has 0 aliphatic carbocycles. The molecule has 0 saturated carbocycles. The molecule has 3 unspecified atom stereocenters. The Bertz CT molecular complexity index is 476. The van der Waals surface area contributed by atoms with E-state index in [1.54, 1.807) is 12.1 Å². The molecule has 3 N–H and O–H groups in total. The van der Waals surface area contributed by atoms with Crippen molar-refractivity contribution in [3.8, 4) is 5.75 Å². The summed E-state index contributed by atoms with van der Waals surface area (Å²) in [5.41, 5.74) is 0.644. The minimum atomic E-state index is -0.893. The Morgan fingerprint density at radius 2 is 2.10 bits per heavy atom. The Morgan fingerprint density at radius 1 is 1.40 bits per heavy atom.